The number of hydrogen-bond donors (Lipinski definition) is 1. The molecular formula is C14H17FO3S. The van der Waals surface area contributed by atoms with Gasteiger partial charge in [-0.3, -0.25) is 4.21 Å². The van der Waals surface area contributed by atoms with Gasteiger partial charge in [0.2, 0.25) is 0 Å². The Morgan fingerprint density at radius 2 is 2.00 bits per heavy atom. The van der Waals surface area contributed by atoms with E-state index in [2.05, 4.69) is 0 Å². The molecule has 5 heteroatoms. The lowest BCUT2D eigenvalue weighted by atomic mass is 10.0. The van der Waals surface area contributed by atoms with Crippen LogP contribution in [0.1, 0.15) is 48.0 Å². The molecule has 0 amide bonds. The number of carboxylic acid groups (broad SMARTS) is 1. The highest BCUT2D eigenvalue weighted by Gasteiger charge is 2.20. The van der Waals surface area contributed by atoms with E-state index in [0.29, 0.717) is 11.3 Å². The molecule has 2 rings (SSSR count). The van der Waals surface area contributed by atoms with Crippen molar-refractivity contribution >= 4 is 16.8 Å². The molecule has 0 radical (unpaired) electrons. The second-order valence-electron chi connectivity index (χ2n) is 4.90. The van der Waals surface area contributed by atoms with Gasteiger partial charge in [0.1, 0.15) is 5.82 Å². The summed E-state index contributed by atoms with van der Waals surface area (Å²) in [4.78, 5) is 10.7. The molecule has 0 heterocycles. The van der Waals surface area contributed by atoms with E-state index in [4.69, 9.17) is 5.11 Å². The van der Waals surface area contributed by atoms with E-state index < -0.39 is 22.6 Å². The summed E-state index contributed by atoms with van der Waals surface area (Å²) in [5.41, 5.74) is 0.263. The van der Waals surface area contributed by atoms with Crippen LogP contribution in [0.5, 0.6) is 0 Å². The van der Waals surface area contributed by atoms with E-state index in [0.717, 1.165) is 25.7 Å². The lowest BCUT2D eigenvalue weighted by Gasteiger charge is -2.20. The lowest BCUT2D eigenvalue weighted by molar-refractivity contribution is 0.0692. The summed E-state index contributed by atoms with van der Waals surface area (Å²) < 4.78 is 25.7. The maximum absolute atomic E-state index is 13.5. The number of benzene rings is 1. The molecule has 1 unspecified atom stereocenters. The number of carboxylic acids is 1. The van der Waals surface area contributed by atoms with Gasteiger partial charge in [-0.2, -0.15) is 0 Å². The molecule has 1 N–H and O–H groups in total. The molecule has 19 heavy (non-hydrogen) atoms. The Hall–Kier alpha value is -1.23. The van der Waals surface area contributed by atoms with Crippen LogP contribution in [0.3, 0.4) is 0 Å². The van der Waals surface area contributed by atoms with E-state index in [1.54, 1.807) is 6.07 Å². The highest BCUT2D eigenvalue weighted by molar-refractivity contribution is 7.84. The molecule has 1 aromatic carbocycles. The predicted octanol–water partition coefficient (Wildman–Crippen LogP) is 3.11. The molecule has 1 atom stereocenters. The highest BCUT2D eigenvalue weighted by atomic mass is 32.2. The number of rotatable bonds is 4. The highest BCUT2D eigenvalue weighted by Crippen LogP contribution is 2.24. The Morgan fingerprint density at radius 1 is 1.32 bits per heavy atom. The van der Waals surface area contributed by atoms with Gasteiger partial charge in [-0.25, -0.2) is 9.18 Å². The Bertz CT molecular complexity index is 495. The number of aromatic carboxylic acids is 1. The standard InChI is InChI=1S/C14H17FO3S/c15-13-8-10(6-7-12(13)14(16)17)9-19(18)11-4-2-1-3-5-11/h6-8,11H,1-5,9H2,(H,16,17). The largest absolute Gasteiger partial charge is 0.478 e. The average Bonchev–Trinajstić information content (AvgIpc) is 2.39. The molecule has 1 aliphatic rings. The van der Waals surface area contributed by atoms with Crippen LogP contribution in [-0.2, 0) is 16.6 Å². The summed E-state index contributed by atoms with van der Waals surface area (Å²) in [5.74, 6) is -1.73. The Kier molecular flexibility index (Phi) is 4.69. The molecule has 104 valence electrons. The van der Waals surface area contributed by atoms with E-state index in [-0.39, 0.29) is 10.8 Å². The lowest BCUT2D eigenvalue weighted by Crippen LogP contribution is -2.19. The van der Waals surface area contributed by atoms with Gasteiger partial charge in [0.25, 0.3) is 0 Å². The van der Waals surface area contributed by atoms with Gasteiger partial charge in [0, 0.05) is 21.8 Å². The number of carbonyl (C=O) groups is 1. The Labute approximate surface area is 114 Å². The van der Waals surface area contributed by atoms with Crippen LogP contribution in [0.15, 0.2) is 18.2 Å². The van der Waals surface area contributed by atoms with Gasteiger partial charge < -0.3 is 5.11 Å². The zero-order valence-corrected chi connectivity index (χ0v) is 11.4. The summed E-state index contributed by atoms with van der Waals surface area (Å²) in [6, 6.07) is 3.97. The van der Waals surface area contributed by atoms with Gasteiger partial charge >= 0.3 is 5.97 Å². The molecule has 3 nitrogen and oxygen atoms in total. The minimum absolute atomic E-state index is 0.205. The first kappa shape index (κ1) is 14.2. The van der Waals surface area contributed by atoms with Crippen LogP contribution in [-0.4, -0.2) is 20.5 Å². The summed E-state index contributed by atoms with van der Waals surface area (Å²) in [5, 5.41) is 8.95. The predicted molar refractivity (Wildman–Crippen MR) is 72.1 cm³/mol. The maximum Gasteiger partial charge on any atom is 0.338 e. The van der Waals surface area contributed by atoms with Crippen molar-refractivity contribution in [1.29, 1.82) is 0 Å². The zero-order chi connectivity index (χ0) is 13.8. The normalized spacial score (nSPS) is 18.2. The molecule has 0 spiro atoms. The summed E-state index contributed by atoms with van der Waals surface area (Å²) >= 11 is 0. The van der Waals surface area contributed by atoms with Crippen molar-refractivity contribution in [3.05, 3.63) is 35.1 Å². The van der Waals surface area contributed by atoms with Crippen molar-refractivity contribution in [3.63, 3.8) is 0 Å². The third-order valence-electron chi connectivity index (χ3n) is 3.50. The van der Waals surface area contributed by atoms with Gasteiger partial charge in [0.15, 0.2) is 0 Å². The van der Waals surface area contributed by atoms with E-state index in [9.17, 15) is 13.4 Å². The van der Waals surface area contributed by atoms with Crippen LogP contribution in [0.4, 0.5) is 4.39 Å². The molecule has 0 bridgehead atoms. The molecule has 0 aliphatic heterocycles. The Morgan fingerprint density at radius 3 is 2.58 bits per heavy atom. The summed E-state index contributed by atoms with van der Waals surface area (Å²) in [6.07, 6.45) is 5.38. The van der Waals surface area contributed by atoms with Crippen LogP contribution in [0, 0.1) is 5.82 Å². The smallest absolute Gasteiger partial charge is 0.338 e. The maximum atomic E-state index is 13.5. The number of hydrogen-bond acceptors (Lipinski definition) is 2. The van der Waals surface area contributed by atoms with Crippen molar-refractivity contribution in [2.24, 2.45) is 0 Å². The first-order valence-electron chi connectivity index (χ1n) is 6.47. The molecule has 1 aliphatic carbocycles. The summed E-state index contributed by atoms with van der Waals surface area (Å²) in [6.45, 7) is 0. The van der Waals surface area contributed by atoms with Crippen LogP contribution < -0.4 is 0 Å². The Balaban J connectivity index is 2.04. The first-order chi connectivity index (χ1) is 9.08. The number of halogens is 1. The molecule has 1 saturated carbocycles. The SMILES string of the molecule is O=C(O)c1ccc(CS(=O)C2CCCCC2)cc1F. The van der Waals surface area contributed by atoms with Crippen molar-refractivity contribution < 1.29 is 18.5 Å². The minimum atomic E-state index is -1.28. The fraction of sp³-hybridized carbons (Fsp3) is 0.500. The molecule has 0 aromatic heterocycles. The van der Waals surface area contributed by atoms with Crippen molar-refractivity contribution in [2.75, 3.05) is 0 Å². The molecular weight excluding hydrogens is 267 g/mol. The average molecular weight is 284 g/mol. The van der Waals surface area contributed by atoms with Crippen molar-refractivity contribution in [2.45, 2.75) is 43.1 Å². The van der Waals surface area contributed by atoms with E-state index in [1.807, 2.05) is 0 Å². The van der Waals surface area contributed by atoms with Crippen molar-refractivity contribution in [3.8, 4) is 0 Å². The van der Waals surface area contributed by atoms with E-state index in [1.165, 1.54) is 18.6 Å². The fourth-order valence-corrected chi connectivity index (χ4v) is 4.03. The van der Waals surface area contributed by atoms with Gasteiger partial charge in [-0.1, -0.05) is 25.3 Å². The van der Waals surface area contributed by atoms with Gasteiger partial charge in [-0.15, -0.1) is 0 Å². The molecule has 1 aromatic rings. The topological polar surface area (TPSA) is 54.4 Å². The van der Waals surface area contributed by atoms with Crippen LogP contribution in [0.25, 0.3) is 0 Å². The third kappa shape index (κ3) is 3.62. The minimum Gasteiger partial charge on any atom is -0.478 e. The zero-order valence-electron chi connectivity index (χ0n) is 10.6. The fourth-order valence-electron chi connectivity index (χ4n) is 2.43. The van der Waals surface area contributed by atoms with Gasteiger partial charge in [0.05, 0.1) is 5.56 Å². The van der Waals surface area contributed by atoms with Crippen LogP contribution >= 0.6 is 0 Å². The monoisotopic (exact) mass is 284 g/mol. The summed E-state index contributed by atoms with van der Waals surface area (Å²) in [7, 11) is -0.997. The second kappa shape index (κ2) is 6.28. The van der Waals surface area contributed by atoms with Crippen molar-refractivity contribution in [1.82, 2.24) is 0 Å². The van der Waals surface area contributed by atoms with Gasteiger partial charge in [-0.05, 0) is 30.5 Å². The first-order valence-corrected chi connectivity index (χ1v) is 7.85. The molecule has 1 fully saturated rings. The third-order valence-corrected chi connectivity index (χ3v) is 5.33. The molecule has 0 saturated heterocycles. The van der Waals surface area contributed by atoms with E-state index >= 15 is 0 Å². The second-order valence-corrected chi connectivity index (χ2v) is 6.62. The quantitative estimate of drug-likeness (QED) is 0.924. The van der Waals surface area contributed by atoms with Crippen LogP contribution in [0.2, 0.25) is 0 Å².